The van der Waals surface area contributed by atoms with Crippen LogP contribution < -0.4 is 5.43 Å². The molecule has 0 atom stereocenters. The van der Waals surface area contributed by atoms with Crippen LogP contribution in [0.4, 0.5) is 4.39 Å². The van der Waals surface area contributed by atoms with Gasteiger partial charge in [0.1, 0.15) is 16.6 Å². The van der Waals surface area contributed by atoms with Gasteiger partial charge >= 0.3 is 0 Å². The second kappa shape index (κ2) is 7.56. The number of halogens is 1. The van der Waals surface area contributed by atoms with Crippen molar-refractivity contribution >= 4 is 23.9 Å². The Morgan fingerprint density at radius 2 is 2.00 bits per heavy atom. The van der Waals surface area contributed by atoms with E-state index in [0.717, 1.165) is 5.03 Å². The Balaban J connectivity index is 1.57. The minimum atomic E-state index is -0.430. The molecule has 1 amide bonds. The van der Waals surface area contributed by atoms with Crippen molar-refractivity contribution in [2.45, 2.75) is 10.1 Å². The first-order valence-electron chi connectivity index (χ1n) is 6.98. The highest BCUT2D eigenvalue weighted by atomic mass is 32.2. The van der Waals surface area contributed by atoms with Gasteiger partial charge in [-0.2, -0.15) is 5.10 Å². The van der Waals surface area contributed by atoms with Crippen LogP contribution in [0.5, 0.6) is 0 Å². The first kappa shape index (κ1) is 15.9. The molecule has 0 aliphatic carbocycles. The number of rotatable bonds is 5. The number of carbonyl (C=O) groups excluding carboxylic acids is 1. The molecular weight excluding hydrogens is 329 g/mol. The Kier molecular flexibility index (Phi) is 5.02. The van der Waals surface area contributed by atoms with Crippen molar-refractivity contribution in [3.05, 3.63) is 77.9 Å². The molecule has 0 saturated carbocycles. The topological polar surface area (TPSA) is 67.5 Å². The second-order valence-corrected chi connectivity index (χ2v) is 5.66. The average Bonchev–Trinajstić information content (AvgIpc) is 3.03. The fourth-order valence-corrected chi connectivity index (χ4v) is 2.53. The zero-order valence-corrected chi connectivity index (χ0v) is 13.2. The van der Waals surface area contributed by atoms with Gasteiger partial charge in [-0.3, -0.25) is 4.79 Å². The van der Waals surface area contributed by atoms with Crippen molar-refractivity contribution in [2.75, 3.05) is 0 Å². The molecule has 7 heteroatoms. The lowest BCUT2D eigenvalue weighted by Crippen LogP contribution is -2.17. The molecule has 0 bridgehead atoms. The maximum Gasteiger partial charge on any atom is 0.271 e. The molecule has 3 aromatic rings. The third-order valence-electron chi connectivity index (χ3n) is 2.91. The quantitative estimate of drug-likeness (QED) is 0.567. The van der Waals surface area contributed by atoms with Gasteiger partial charge in [-0.05, 0) is 60.3 Å². The van der Waals surface area contributed by atoms with Gasteiger partial charge in [-0.25, -0.2) is 14.8 Å². The molecule has 5 nitrogen and oxygen atoms in total. The molecule has 2 aromatic heterocycles. The van der Waals surface area contributed by atoms with Crippen molar-refractivity contribution < 1.29 is 13.6 Å². The van der Waals surface area contributed by atoms with E-state index in [0.29, 0.717) is 16.4 Å². The van der Waals surface area contributed by atoms with Crippen LogP contribution in [0.3, 0.4) is 0 Å². The Bertz CT molecular complexity index is 848. The summed E-state index contributed by atoms with van der Waals surface area (Å²) in [6.45, 7) is 0. The number of benzene rings is 1. The van der Waals surface area contributed by atoms with Crippen molar-refractivity contribution in [1.82, 2.24) is 10.4 Å². The highest BCUT2D eigenvalue weighted by Crippen LogP contribution is 2.26. The summed E-state index contributed by atoms with van der Waals surface area (Å²) in [7, 11) is 0. The number of hydrogen-bond acceptors (Lipinski definition) is 5. The van der Waals surface area contributed by atoms with Crippen LogP contribution in [0.2, 0.25) is 0 Å². The van der Waals surface area contributed by atoms with Crippen molar-refractivity contribution in [3.63, 3.8) is 0 Å². The van der Waals surface area contributed by atoms with Gasteiger partial charge in [-0.1, -0.05) is 6.07 Å². The predicted octanol–water partition coefficient (Wildman–Crippen LogP) is 3.73. The molecular formula is C17H12FN3O2S. The van der Waals surface area contributed by atoms with Gasteiger partial charge in [0.25, 0.3) is 5.91 Å². The standard InChI is InChI=1S/C17H12FN3O2S/c18-13-6-4-12(5-7-13)17(22)21-20-11-14-8-9-16(23-14)24-15-3-1-2-10-19-15/h1-11H,(H,21,22)/b20-11+. The number of carbonyl (C=O) groups is 1. The van der Waals surface area contributed by atoms with E-state index in [9.17, 15) is 9.18 Å². The first-order chi connectivity index (χ1) is 11.7. The maximum absolute atomic E-state index is 12.8. The lowest BCUT2D eigenvalue weighted by atomic mass is 10.2. The molecule has 0 fully saturated rings. The van der Waals surface area contributed by atoms with E-state index in [1.807, 2.05) is 18.2 Å². The van der Waals surface area contributed by atoms with E-state index in [1.54, 1.807) is 18.3 Å². The zero-order valence-electron chi connectivity index (χ0n) is 12.3. The van der Waals surface area contributed by atoms with Gasteiger partial charge in [0.15, 0.2) is 5.09 Å². The SMILES string of the molecule is O=C(N/N=C/c1ccc(Sc2ccccn2)o1)c1ccc(F)cc1. The molecule has 0 radical (unpaired) electrons. The minimum absolute atomic E-state index is 0.319. The number of hydrogen-bond donors (Lipinski definition) is 1. The molecule has 120 valence electrons. The maximum atomic E-state index is 12.8. The summed E-state index contributed by atoms with van der Waals surface area (Å²) in [4.78, 5) is 16.0. The minimum Gasteiger partial charge on any atom is -0.448 e. The van der Waals surface area contributed by atoms with E-state index in [-0.39, 0.29) is 0 Å². The number of furan rings is 1. The average molecular weight is 341 g/mol. The lowest BCUT2D eigenvalue weighted by molar-refractivity contribution is 0.0955. The summed E-state index contributed by atoms with van der Waals surface area (Å²) in [6.07, 6.45) is 3.10. The smallest absolute Gasteiger partial charge is 0.271 e. The van der Waals surface area contributed by atoms with Gasteiger partial charge in [-0.15, -0.1) is 0 Å². The largest absolute Gasteiger partial charge is 0.448 e. The molecule has 24 heavy (non-hydrogen) atoms. The monoisotopic (exact) mass is 341 g/mol. The van der Waals surface area contributed by atoms with Crippen molar-refractivity contribution in [1.29, 1.82) is 0 Å². The molecule has 0 unspecified atom stereocenters. The summed E-state index contributed by atoms with van der Waals surface area (Å²) < 4.78 is 18.4. The summed E-state index contributed by atoms with van der Waals surface area (Å²) in [5, 5.41) is 5.31. The molecule has 2 heterocycles. The molecule has 0 spiro atoms. The number of aromatic nitrogens is 1. The highest BCUT2D eigenvalue weighted by Gasteiger charge is 2.05. The molecule has 0 aliphatic rings. The van der Waals surface area contributed by atoms with Crippen LogP contribution in [0.1, 0.15) is 16.1 Å². The summed E-state index contributed by atoms with van der Waals surface area (Å²) in [6, 6.07) is 14.3. The van der Waals surface area contributed by atoms with Crippen LogP contribution in [-0.4, -0.2) is 17.1 Å². The first-order valence-corrected chi connectivity index (χ1v) is 7.80. The number of amides is 1. The number of nitrogens with zero attached hydrogens (tertiary/aromatic N) is 2. The normalized spacial score (nSPS) is 10.9. The van der Waals surface area contributed by atoms with Crippen LogP contribution in [0, 0.1) is 5.82 Å². The molecule has 3 rings (SSSR count). The van der Waals surface area contributed by atoms with Crippen LogP contribution in [-0.2, 0) is 0 Å². The predicted molar refractivity (Wildman–Crippen MR) is 88.5 cm³/mol. The van der Waals surface area contributed by atoms with Gasteiger partial charge in [0.2, 0.25) is 0 Å². The van der Waals surface area contributed by atoms with Gasteiger partial charge in [0.05, 0.1) is 6.21 Å². The summed E-state index contributed by atoms with van der Waals surface area (Å²) >= 11 is 1.38. The second-order valence-electron chi connectivity index (χ2n) is 4.63. The third kappa shape index (κ3) is 4.30. The zero-order chi connectivity index (χ0) is 16.8. The van der Waals surface area contributed by atoms with Crippen LogP contribution in [0.15, 0.2) is 80.4 Å². The van der Waals surface area contributed by atoms with E-state index in [2.05, 4.69) is 15.5 Å². The molecule has 1 N–H and O–H groups in total. The number of pyridine rings is 1. The van der Waals surface area contributed by atoms with Crippen molar-refractivity contribution in [2.24, 2.45) is 5.10 Å². The fourth-order valence-electron chi connectivity index (χ4n) is 1.79. The third-order valence-corrected chi connectivity index (χ3v) is 3.78. The van der Waals surface area contributed by atoms with E-state index in [4.69, 9.17) is 4.42 Å². The van der Waals surface area contributed by atoms with Crippen LogP contribution >= 0.6 is 11.8 Å². The van der Waals surface area contributed by atoms with Crippen molar-refractivity contribution in [3.8, 4) is 0 Å². The molecule has 0 aliphatic heterocycles. The van der Waals surface area contributed by atoms with E-state index in [1.165, 1.54) is 42.2 Å². The lowest BCUT2D eigenvalue weighted by Gasteiger charge is -1.98. The number of nitrogens with one attached hydrogen (secondary N) is 1. The highest BCUT2D eigenvalue weighted by molar-refractivity contribution is 7.99. The Labute approximate surface area is 141 Å². The Hall–Kier alpha value is -2.93. The summed E-state index contributed by atoms with van der Waals surface area (Å²) in [5.74, 6) is -0.336. The fraction of sp³-hybridized carbons (Fsp3) is 0. The summed E-state index contributed by atoms with van der Waals surface area (Å²) in [5.41, 5.74) is 2.67. The van der Waals surface area contributed by atoms with Crippen LogP contribution in [0.25, 0.3) is 0 Å². The van der Waals surface area contributed by atoms with Gasteiger partial charge in [0, 0.05) is 11.8 Å². The molecule has 0 saturated heterocycles. The van der Waals surface area contributed by atoms with E-state index >= 15 is 0 Å². The Morgan fingerprint density at radius 1 is 1.17 bits per heavy atom. The molecule has 1 aromatic carbocycles. The Morgan fingerprint density at radius 3 is 2.75 bits per heavy atom. The number of hydrazone groups is 1. The van der Waals surface area contributed by atoms with Gasteiger partial charge < -0.3 is 4.42 Å². The van der Waals surface area contributed by atoms with E-state index < -0.39 is 11.7 Å².